The highest BCUT2D eigenvalue weighted by atomic mass is 35.5. The van der Waals surface area contributed by atoms with Crippen molar-refractivity contribution in [2.75, 3.05) is 5.32 Å². The van der Waals surface area contributed by atoms with Gasteiger partial charge in [-0.05, 0) is 55.4 Å². The van der Waals surface area contributed by atoms with Gasteiger partial charge in [-0.3, -0.25) is 4.79 Å². The van der Waals surface area contributed by atoms with Crippen LogP contribution >= 0.6 is 11.6 Å². The lowest BCUT2D eigenvalue weighted by Crippen LogP contribution is -2.14. The second-order valence-electron chi connectivity index (χ2n) is 7.18. The summed E-state index contributed by atoms with van der Waals surface area (Å²) in [4.78, 5) is 12.1. The van der Waals surface area contributed by atoms with Crippen molar-refractivity contribution >= 4 is 28.8 Å². The monoisotopic (exact) mass is 368 g/mol. The molecule has 0 unspecified atom stereocenters. The average molecular weight is 369 g/mol. The molecule has 0 aromatic heterocycles. The smallest absolute Gasteiger partial charge is 0.259 e. The van der Waals surface area contributed by atoms with Crippen LogP contribution in [0.25, 0.3) is 16.7 Å². The molecule has 1 amide bonds. The zero-order chi connectivity index (χ0) is 18.4. The summed E-state index contributed by atoms with van der Waals surface area (Å²) in [6.07, 6.45) is 3.26. The van der Waals surface area contributed by atoms with E-state index in [4.69, 9.17) is 17.3 Å². The minimum absolute atomic E-state index is 0.00226. The quantitative estimate of drug-likeness (QED) is 0.524. The molecule has 26 heavy (non-hydrogen) atoms. The van der Waals surface area contributed by atoms with Gasteiger partial charge in [0, 0.05) is 17.2 Å². The Balaban J connectivity index is 1.71. The van der Waals surface area contributed by atoms with Crippen LogP contribution in [0.5, 0.6) is 0 Å². The van der Waals surface area contributed by atoms with Crippen molar-refractivity contribution in [2.24, 2.45) is 5.73 Å². The van der Waals surface area contributed by atoms with Gasteiger partial charge in [-0.15, -0.1) is 0 Å². The Morgan fingerprint density at radius 2 is 1.92 bits per heavy atom. The summed E-state index contributed by atoms with van der Waals surface area (Å²) < 4.78 is 0. The van der Waals surface area contributed by atoms with Crippen LogP contribution in [0, 0.1) is 0 Å². The molecule has 1 saturated carbocycles. The van der Waals surface area contributed by atoms with Gasteiger partial charge in [-0.25, -0.2) is 0 Å². The van der Waals surface area contributed by atoms with E-state index in [1.165, 1.54) is 12.5 Å². The van der Waals surface area contributed by atoms with E-state index in [2.05, 4.69) is 29.6 Å². The van der Waals surface area contributed by atoms with Gasteiger partial charge in [0.1, 0.15) is 5.76 Å². The standard InChI is InChI=1S/C21H21ClN2O2/c1-11(25)20-17-9-16(18(22)10-19(17)24-21(20)26)13-4-2-12(3-5-13)14-6-7-15(23)8-14/h2-5,9-10,14-15,25H,6-8,23H2,1H3,(H,24,26)/b20-11+/t14-,15-/m1/s1. The minimum Gasteiger partial charge on any atom is -0.512 e. The van der Waals surface area contributed by atoms with Crippen LogP contribution in [0.1, 0.15) is 43.2 Å². The molecular formula is C21H21ClN2O2. The largest absolute Gasteiger partial charge is 0.512 e. The van der Waals surface area contributed by atoms with E-state index in [0.717, 1.165) is 30.4 Å². The van der Waals surface area contributed by atoms with Crippen LogP contribution in [0.3, 0.4) is 0 Å². The maximum absolute atomic E-state index is 12.1. The first-order chi connectivity index (χ1) is 12.4. The first kappa shape index (κ1) is 17.1. The Kier molecular flexibility index (Phi) is 4.25. The highest BCUT2D eigenvalue weighted by Crippen LogP contribution is 2.41. The van der Waals surface area contributed by atoms with Gasteiger partial charge in [-0.1, -0.05) is 35.9 Å². The summed E-state index contributed by atoms with van der Waals surface area (Å²) in [5, 5.41) is 13.2. The topological polar surface area (TPSA) is 75.3 Å². The molecule has 4 N–H and O–H groups in total. The van der Waals surface area contributed by atoms with Crippen molar-refractivity contribution in [3.8, 4) is 11.1 Å². The molecule has 5 heteroatoms. The van der Waals surface area contributed by atoms with Gasteiger partial charge < -0.3 is 16.2 Å². The van der Waals surface area contributed by atoms with Crippen molar-refractivity contribution in [3.63, 3.8) is 0 Å². The molecule has 4 rings (SSSR count). The summed E-state index contributed by atoms with van der Waals surface area (Å²) in [6.45, 7) is 1.51. The number of nitrogens with two attached hydrogens (primary N) is 1. The lowest BCUT2D eigenvalue weighted by atomic mass is 9.94. The Labute approximate surface area is 157 Å². The van der Waals surface area contributed by atoms with E-state index >= 15 is 0 Å². The van der Waals surface area contributed by atoms with Crippen LogP contribution in [-0.2, 0) is 4.79 Å². The zero-order valence-corrected chi connectivity index (χ0v) is 15.3. The normalized spacial score (nSPS) is 23.7. The van der Waals surface area contributed by atoms with E-state index < -0.39 is 0 Å². The van der Waals surface area contributed by atoms with E-state index in [-0.39, 0.29) is 11.7 Å². The van der Waals surface area contributed by atoms with Gasteiger partial charge in [0.2, 0.25) is 0 Å². The summed E-state index contributed by atoms with van der Waals surface area (Å²) >= 11 is 6.46. The third-order valence-corrected chi connectivity index (χ3v) is 5.69. The number of aliphatic hydroxyl groups excluding tert-OH is 1. The molecular weight excluding hydrogens is 348 g/mol. The number of allylic oxidation sites excluding steroid dienone is 1. The highest BCUT2D eigenvalue weighted by Gasteiger charge is 2.28. The highest BCUT2D eigenvalue weighted by molar-refractivity contribution is 6.36. The van der Waals surface area contributed by atoms with Gasteiger partial charge in [0.15, 0.2) is 0 Å². The number of aliphatic hydroxyl groups is 1. The summed E-state index contributed by atoms with van der Waals surface area (Å²) in [5.74, 6) is 0.228. The number of halogens is 1. The number of nitrogens with one attached hydrogen (secondary N) is 1. The number of benzene rings is 2. The number of hydrogen-bond acceptors (Lipinski definition) is 3. The molecule has 4 nitrogen and oxygen atoms in total. The Bertz CT molecular complexity index is 914. The van der Waals surface area contributed by atoms with E-state index in [1.54, 1.807) is 6.07 Å². The Morgan fingerprint density at radius 3 is 2.54 bits per heavy atom. The van der Waals surface area contributed by atoms with Gasteiger partial charge in [0.05, 0.1) is 16.3 Å². The minimum atomic E-state index is -0.305. The number of fused-ring (bicyclic) bond motifs is 1. The number of hydrogen-bond donors (Lipinski definition) is 3. The first-order valence-electron chi connectivity index (χ1n) is 8.85. The molecule has 1 aliphatic heterocycles. The molecule has 0 bridgehead atoms. The van der Waals surface area contributed by atoms with Crippen LogP contribution in [0.2, 0.25) is 5.02 Å². The van der Waals surface area contributed by atoms with Gasteiger partial charge in [0.25, 0.3) is 5.91 Å². The fourth-order valence-electron chi connectivity index (χ4n) is 4.03. The van der Waals surface area contributed by atoms with Crippen molar-refractivity contribution in [1.82, 2.24) is 0 Å². The van der Waals surface area contributed by atoms with Crippen molar-refractivity contribution in [3.05, 3.63) is 58.3 Å². The first-order valence-corrected chi connectivity index (χ1v) is 9.23. The summed E-state index contributed by atoms with van der Waals surface area (Å²) in [7, 11) is 0. The molecule has 1 aliphatic carbocycles. The van der Waals surface area contributed by atoms with Crippen LogP contribution in [0.15, 0.2) is 42.2 Å². The molecule has 0 spiro atoms. The molecule has 0 saturated heterocycles. The third-order valence-electron chi connectivity index (χ3n) is 5.38. The lowest BCUT2D eigenvalue weighted by Gasteiger charge is -2.12. The molecule has 1 heterocycles. The molecule has 2 atom stereocenters. The predicted molar refractivity (Wildman–Crippen MR) is 105 cm³/mol. The lowest BCUT2D eigenvalue weighted by molar-refractivity contribution is -0.110. The molecule has 1 fully saturated rings. The molecule has 2 aromatic rings. The van der Waals surface area contributed by atoms with Gasteiger partial charge >= 0.3 is 0 Å². The number of amides is 1. The predicted octanol–water partition coefficient (Wildman–Crippen LogP) is 4.84. The van der Waals surface area contributed by atoms with Crippen molar-refractivity contribution in [2.45, 2.75) is 38.1 Å². The Morgan fingerprint density at radius 1 is 1.19 bits per heavy atom. The zero-order valence-electron chi connectivity index (χ0n) is 14.6. The number of rotatable bonds is 2. The van der Waals surface area contributed by atoms with Crippen molar-refractivity contribution < 1.29 is 9.90 Å². The molecule has 2 aliphatic rings. The van der Waals surface area contributed by atoms with E-state index in [0.29, 0.717) is 33.8 Å². The fraction of sp³-hybridized carbons (Fsp3) is 0.286. The fourth-order valence-corrected chi connectivity index (χ4v) is 4.30. The second-order valence-corrected chi connectivity index (χ2v) is 7.59. The maximum atomic E-state index is 12.1. The average Bonchev–Trinajstić information content (AvgIpc) is 3.16. The van der Waals surface area contributed by atoms with Crippen molar-refractivity contribution in [1.29, 1.82) is 0 Å². The third kappa shape index (κ3) is 2.89. The number of anilines is 1. The van der Waals surface area contributed by atoms with Crippen LogP contribution in [-0.4, -0.2) is 17.1 Å². The Hall–Kier alpha value is -2.30. The number of carbonyl (C=O) groups excluding carboxylic acids is 1. The van der Waals surface area contributed by atoms with E-state index in [9.17, 15) is 9.90 Å². The second kappa shape index (κ2) is 6.45. The maximum Gasteiger partial charge on any atom is 0.259 e. The van der Waals surface area contributed by atoms with E-state index in [1.807, 2.05) is 6.07 Å². The number of carbonyl (C=O) groups is 1. The molecule has 0 radical (unpaired) electrons. The summed E-state index contributed by atoms with van der Waals surface area (Å²) in [5.41, 5.74) is 10.8. The molecule has 2 aromatic carbocycles. The summed E-state index contributed by atoms with van der Waals surface area (Å²) in [6, 6.07) is 12.3. The van der Waals surface area contributed by atoms with Gasteiger partial charge in [-0.2, -0.15) is 0 Å². The van der Waals surface area contributed by atoms with Crippen LogP contribution < -0.4 is 11.1 Å². The molecule has 134 valence electrons. The SMILES string of the molecule is C/C(O)=C1\C(=O)Nc2cc(Cl)c(-c3ccc([C@@H]4CC[C@@H](N)C4)cc3)cc21. The van der Waals surface area contributed by atoms with Crippen LogP contribution in [0.4, 0.5) is 5.69 Å².